The molecule has 2 heterocycles. The van der Waals surface area contributed by atoms with Gasteiger partial charge in [-0.05, 0) is 62.9 Å². The highest BCUT2D eigenvalue weighted by molar-refractivity contribution is 5.87. The molecule has 0 bridgehead atoms. The van der Waals surface area contributed by atoms with Gasteiger partial charge in [0.15, 0.2) is 0 Å². The first-order valence-corrected chi connectivity index (χ1v) is 11.5. The second kappa shape index (κ2) is 10.1. The van der Waals surface area contributed by atoms with Gasteiger partial charge in [-0.2, -0.15) is 0 Å². The van der Waals surface area contributed by atoms with Crippen molar-refractivity contribution < 1.29 is 4.79 Å². The van der Waals surface area contributed by atoms with Crippen LogP contribution in [0, 0.1) is 6.92 Å². The number of fused-ring (bicyclic) bond motifs is 1. The molecule has 3 aromatic rings. The van der Waals surface area contributed by atoms with Gasteiger partial charge in [-0.15, -0.1) is 0 Å². The van der Waals surface area contributed by atoms with E-state index in [1.54, 1.807) is 0 Å². The standard InChI is InChI=1S/C26H34N4O/c1-20-24(23-13-5-6-14-25(23)30(20)19-26(27)31)17-28-22-12-8-16-29(18-22)15-7-11-21-9-3-2-4-10-21/h2-6,9-10,13-14,22,28H,7-8,11-12,15-19H2,1H3,(H2,27,31)/t22-/m0/s1. The summed E-state index contributed by atoms with van der Waals surface area (Å²) in [5.74, 6) is -0.304. The lowest BCUT2D eigenvalue weighted by molar-refractivity contribution is -0.118. The predicted molar refractivity (Wildman–Crippen MR) is 127 cm³/mol. The van der Waals surface area contributed by atoms with Gasteiger partial charge in [0, 0.05) is 35.7 Å². The first-order valence-electron chi connectivity index (χ1n) is 11.5. The Labute approximate surface area is 185 Å². The van der Waals surface area contributed by atoms with Gasteiger partial charge in [0.2, 0.25) is 5.91 Å². The lowest BCUT2D eigenvalue weighted by Crippen LogP contribution is -2.45. The van der Waals surface area contributed by atoms with E-state index in [4.69, 9.17) is 5.73 Å². The average molecular weight is 419 g/mol. The highest BCUT2D eigenvalue weighted by atomic mass is 16.1. The number of nitrogens with one attached hydrogen (secondary N) is 1. The van der Waals surface area contributed by atoms with E-state index in [-0.39, 0.29) is 12.5 Å². The van der Waals surface area contributed by atoms with Crippen molar-refractivity contribution in [2.24, 2.45) is 5.73 Å². The molecule has 31 heavy (non-hydrogen) atoms. The second-order valence-corrected chi connectivity index (χ2v) is 8.74. The summed E-state index contributed by atoms with van der Waals surface area (Å²) in [5, 5.41) is 5.02. The van der Waals surface area contributed by atoms with E-state index in [0.717, 1.165) is 37.3 Å². The van der Waals surface area contributed by atoms with Crippen LogP contribution in [0.5, 0.6) is 0 Å². The number of carbonyl (C=O) groups is 1. The van der Waals surface area contributed by atoms with E-state index in [2.05, 4.69) is 65.7 Å². The highest BCUT2D eigenvalue weighted by Gasteiger charge is 2.21. The van der Waals surface area contributed by atoms with Gasteiger partial charge in [0.05, 0.1) is 0 Å². The Bertz CT molecular complexity index is 1010. The van der Waals surface area contributed by atoms with Crippen molar-refractivity contribution in [2.45, 2.75) is 51.7 Å². The average Bonchev–Trinajstić information content (AvgIpc) is 3.04. The van der Waals surface area contributed by atoms with E-state index < -0.39 is 0 Å². The number of likely N-dealkylation sites (tertiary alicyclic amines) is 1. The smallest absolute Gasteiger partial charge is 0.237 e. The molecule has 1 aliphatic heterocycles. The fourth-order valence-corrected chi connectivity index (χ4v) is 4.91. The molecule has 1 aromatic heterocycles. The van der Waals surface area contributed by atoms with Crippen LogP contribution in [0.4, 0.5) is 0 Å². The van der Waals surface area contributed by atoms with E-state index >= 15 is 0 Å². The third kappa shape index (κ3) is 5.35. The van der Waals surface area contributed by atoms with Gasteiger partial charge in [-0.25, -0.2) is 0 Å². The van der Waals surface area contributed by atoms with Crippen LogP contribution >= 0.6 is 0 Å². The molecule has 1 amide bonds. The number of aryl methyl sites for hydroxylation is 1. The third-order valence-corrected chi connectivity index (χ3v) is 6.53. The fraction of sp³-hybridized carbons (Fsp3) is 0.423. The Morgan fingerprint density at radius 1 is 1.13 bits per heavy atom. The van der Waals surface area contributed by atoms with Crippen molar-refractivity contribution in [3.8, 4) is 0 Å². The number of nitrogens with zero attached hydrogens (tertiary/aromatic N) is 2. The van der Waals surface area contributed by atoms with Crippen molar-refractivity contribution >= 4 is 16.8 Å². The molecule has 1 fully saturated rings. The quantitative estimate of drug-likeness (QED) is 0.558. The van der Waals surface area contributed by atoms with Gasteiger partial charge in [-0.1, -0.05) is 48.5 Å². The molecule has 1 saturated heterocycles. The summed E-state index contributed by atoms with van der Waals surface area (Å²) in [6, 6.07) is 19.6. The highest BCUT2D eigenvalue weighted by Crippen LogP contribution is 2.26. The topological polar surface area (TPSA) is 63.3 Å². The SMILES string of the molecule is Cc1c(CN[C@H]2CCCN(CCCc3ccccc3)C2)c2ccccc2n1CC(N)=O. The normalized spacial score (nSPS) is 17.3. The Hall–Kier alpha value is -2.63. The number of rotatable bonds is 9. The molecule has 1 atom stereocenters. The van der Waals surface area contributed by atoms with Gasteiger partial charge >= 0.3 is 0 Å². The molecule has 0 unspecified atom stereocenters. The zero-order valence-electron chi connectivity index (χ0n) is 18.5. The van der Waals surface area contributed by atoms with Crippen LogP contribution in [0.3, 0.4) is 0 Å². The summed E-state index contributed by atoms with van der Waals surface area (Å²) in [6.07, 6.45) is 4.81. The first kappa shape index (κ1) is 21.6. The largest absolute Gasteiger partial charge is 0.368 e. The van der Waals surface area contributed by atoms with Crippen LogP contribution in [0.2, 0.25) is 0 Å². The van der Waals surface area contributed by atoms with Crippen LogP contribution in [0.1, 0.15) is 36.1 Å². The molecule has 5 heteroatoms. The molecule has 5 nitrogen and oxygen atoms in total. The summed E-state index contributed by atoms with van der Waals surface area (Å²) in [4.78, 5) is 14.2. The van der Waals surface area contributed by atoms with Crippen LogP contribution in [0.15, 0.2) is 54.6 Å². The zero-order chi connectivity index (χ0) is 21.6. The number of carbonyl (C=O) groups excluding carboxylic acids is 1. The predicted octanol–water partition coefficient (Wildman–Crippen LogP) is 3.62. The minimum Gasteiger partial charge on any atom is -0.368 e. The Balaban J connectivity index is 1.35. The van der Waals surface area contributed by atoms with Crippen LogP contribution in [-0.4, -0.2) is 41.1 Å². The van der Waals surface area contributed by atoms with Crippen LogP contribution in [-0.2, 0) is 24.3 Å². The third-order valence-electron chi connectivity index (χ3n) is 6.53. The van der Waals surface area contributed by atoms with Crippen molar-refractivity contribution in [3.63, 3.8) is 0 Å². The molecule has 0 aliphatic carbocycles. The minimum absolute atomic E-state index is 0.227. The number of benzene rings is 2. The number of amides is 1. The molecule has 1 aliphatic rings. The summed E-state index contributed by atoms with van der Waals surface area (Å²) in [6.45, 7) is 6.60. The summed E-state index contributed by atoms with van der Waals surface area (Å²) in [5.41, 5.74) is 10.4. The van der Waals surface area contributed by atoms with E-state index in [1.165, 1.54) is 42.3 Å². The van der Waals surface area contributed by atoms with Gasteiger partial charge in [0.1, 0.15) is 6.54 Å². The lowest BCUT2D eigenvalue weighted by Gasteiger charge is -2.33. The number of hydrogen-bond acceptors (Lipinski definition) is 3. The molecule has 164 valence electrons. The molecular formula is C26H34N4O. The monoisotopic (exact) mass is 418 g/mol. The Morgan fingerprint density at radius 2 is 1.90 bits per heavy atom. The number of aromatic nitrogens is 1. The summed E-state index contributed by atoms with van der Waals surface area (Å²) < 4.78 is 2.05. The van der Waals surface area contributed by atoms with E-state index in [1.807, 2.05) is 10.6 Å². The van der Waals surface area contributed by atoms with Crippen molar-refractivity contribution in [1.29, 1.82) is 0 Å². The van der Waals surface area contributed by atoms with Crippen LogP contribution in [0.25, 0.3) is 10.9 Å². The molecule has 0 radical (unpaired) electrons. The Morgan fingerprint density at radius 3 is 2.71 bits per heavy atom. The van der Waals surface area contributed by atoms with Crippen LogP contribution < -0.4 is 11.1 Å². The van der Waals surface area contributed by atoms with Gasteiger partial charge < -0.3 is 20.5 Å². The first-order chi connectivity index (χ1) is 15.1. The number of para-hydroxylation sites is 1. The summed E-state index contributed by atoms with van der Waals surface area (Å²) >= 11 is 0. The molecule has 3 N–H and O–H groups in total. The van der Waals surface area contributed by atoms with Crippen molar-refractivity contribution in [2.75, 3.05) is 19.6 Å². The Kier molecular flexibility index (Phi) is 7.05. The van der Waals surface area contributed by atoms with E-state index in [0.29, 0.717) is 6.04 Å². The maximum Gasteiger partial charge on any atom is 0.237 e. The van der Waals surface area contributed by atoms with E-state index in [9.17, 15) is 4.79 Å². The number of hydrogen-bond donors (Lipinski definition) is 2. The number of primary amides is 1. The number of nitrogens with two attached hydrogens (primary N) is 1. The molecule has 0 saturated carbocycles. The molecule has 4 rings (SSSR count). The second-order valence-electron chi connectivity index (χ2n) is 8.74. The zero-order valence-corrected chi connectivity index (χ0v) is 18.5. The molecule has 2 aromatic carbocycles. The fourth-order valence-electron chi connectivity index (χ4n) is 4.91. The van der Waals surface area contributed by atoms with Gasteiger partial charge in [0.25, 0.3) is 0 Å². The maximum absolute atomic E-state index is 11.6. The van der Waals surface area contributed by atoms with Gasteiger partial charge in [-0.3, -0.25) is 4.79 Å². The molecule has 0 spiro atoms. The molecular weight excluding hydrogens is 384 g/mol. The van der Waals surface area contributed by atoms with Crippen molar-refractivity contribution in [3.05, 3.63) is 71.4 Å². The summed E-state index contributed by atoms with van der Waals surface area (Å²) in [7, 11) is 0. The number of piperidine rings is 1. The van der Waals surface area contributed by atoms with Crippen molar-refractivity contribution in [1.82, 2.24) is 14.8 Å². The minimum atomic E-state index is -0.304. The maximum atomic E-state index is 11.6. The lowest BCUT2D eigenvalue weighted by atomic mass is 10.0.